The minimum absolute atomic E-state index is 0.0317. The number of rotatable bonds is 5. The average Bonchev–Trinajstić information content (AvgIpc) is 3.26. The van der Waals surface area contributed by atoms with Crippen LogP contribution in [0.5, 0.6) is 11.5 Å². The minimum atomic E-state index is -0.517. The molecule has 2 aliphatic rings. The van der Waals surface area contributed by atoms with Crippen molar-refractivity contribution < 1.29 is 19.2 Å². The zero-order valence-electron chi connectivity index (χ0n) is 14.5. The van der Waals surface area contributed by atoms with Crippen LogP contribution in [0.2, 0.25) is 0 Å². The van der Waals surface area contributed by atoms with Crippen LogP contribution < -0.4 is 14.8 Å². The highest BCUT2D eigenvalue weighted by Crippen LogP contribution is 2.47. The molecule has 0 bridgehead atoms. The first-order chi connectivity index (χ1) is 13.0. The molecule has 140 valence electrons. The molecule has 1 aliphatic carbocycles. The highest BCUT2D eigenvalue weighted by atomic mass is 32.2. The van der Waals surface area contributed by atoms with Gasteiger partial charge in [-0.15, -0.1) is 11.8 Å². The maximum Gasteiger partial charge on any atom is 0.269 e. The molecule has 7 nitrogen and oxygen atoms in total. The third-order valence-corrected chi connectivity index (χ3v) is 5.61. The summed E-state index contributed by atoms with van der Waals surface area (Å²) >= 11 is 1.32. The molecule has 1 heterocycles. The van der Waals surface area contributed by atoms with Crippen molar-refractivity contribution in [2.75, 3.05) is 11.1 Å². The van der Waals surface area contributed by atoms with Gasteiger partial charge in [-0.25, -0.2) is 0 Å². The Morgan fingerprint density at radius 2 is 1.81 bits per heavy atom. The van der Waals surface area contributed by atoms with E-state index in [1.54, 1.807) is 24.3 Å². The molecule has 0 atom stereocenters. The predicted octanol–water partition coefficient (Wildman–Crippen LogP) is 4.37. The van der Waals surface area contributed by atoms with Crippen molar-refractivity contribution in [1.82, 2.24) is 0 Å². The highest BCUT2D eigenvalue weighted by Gasteiger charge is 2.44. The van der Waals surface area contributed by atoms with Gasteiger partial charge >= 0.3 is 0 Å². The molecule has 4 rings (SSSR count). The monoisotopic (exact) mass is 386 g/mol. The Bertz CT molecular complexity index is 878. The summed E-state index contributed by atoms with van der Waals surface area (Å²) in [5.74, 6) is 0.910. The van der Waals surface area contributed by atoms with Gasteiger partial charge in [0, 0.05) is 41.6 Å². The first kappa shape index (κ1) is 17.7. The molecule has 1 N–H and O–H groups in total. The normalized spacial score (nSPS) is 16.4. The first-order valence-corrected chi connectivity index (χ1v) is 9.71. The number of anilines is 1. The number of nitro benzene ring substituents is 1. The van der Waals surface area contributed by atoms with Crippen molar-refractivity contribution in [3.63, 3.8) is 0 Å². The third kappa shape index (κ3) is 3.85. The van der Waals surface area contributed by atoms with Crippen molar-refractivity contribution in [2.24, 2.45) is 0 Å². The second kappa shape index (κ2) is 7.11. The fourth-order valence-electron chi connectivity index (χ4n) is 3.30. The molecule has 1 spiro atoms. The fourth-order valence-corrected chi connectivity index (χ4v) is 4.00. The number of nitrogens with zero attached hydrogens (tertiary/aromatic N) is 1. The SMILES string of the molecule is O=C(CSc1ccc([N+](=O)[O-])cc1)Nc1ccc2c(c1)OC1(CCCC1)O2. The number of hydrogen-bond acceptors (Lipinski definition) is 6. The fraction of sp³-hybridized carbons (Fsp3) is 0.316. The lowest BCUT2D eigenvalue weighted by Gasteiger charge is -2.21. The number of nitro groups is 1. The number of hydrogen-bond donors (Lipinski definition) is 1. The number of thioether (sulfide) groups is 1. The Kier molecular flexibility index (Phi) is 4.65. The molecule has 0 unspecified atom stereocenters. The topological polar surface area (TPSA) is 90.7 Å². The molecule has 0 saturated heterocycles. The van der Waals surface area contributed by atoms with Crippen LogP contribution in [-0.4, -0.2) is 22.4 Å². The van der Waals surface area contributed by atoms with Gasteiger partial charge in [0.1, 0.15) is 0 Å². The molecular formula is C19H18N2O5S. The van der Waals surface area contributed by atoms with Crippen LogP contribution in [0.3, 0.4) is 0 Å². The lowest BCUT2D eigenvalue weighted by atomic mass is 10.2. The van der Waals surface area contributed by atoms with Crippen LogP contribution in [0.1, 0.15) is 25.7 Å². The van der Waals surface area contributed by atoms with Gasteiger partial charge in [0.2, 0.25) is 5.91 Å². The summed E-state index contributed by atoms with van der Waals surface area (Å²) < 4.78 is 12.0. The Hall–Kier alpha value is -2.74. The van der Waals surface area contributed by atoms with Crippen molar-refractivity contribution in [2.45, 2.75) is 36.4 Å². The van der Waals surface area contributed by atoms with E-state index in [4.69, 9.17) is 9.47 Å². The van der Waals surface area contributed by atoms with E-state index in [-0.39, 0.29) is 17.3 Å². The summed E-state index contributed by atoms with van der Waals surface area (Å²) in [5.41, 5.74) is 0.686. The van der Waals surface area contributed by atoms with E-state index in [1.165, 1.54) is 23.9 Å². The van der Waals surface area contributed by atoms with Crippen LogP contribution in [0.4, 0.5) is 11.4 Å². The Morgan fingerprint density at radius 3 is 2.52 bits per heavy atom. The van der Waals surface area contributed by atoms with Gasteiger partial charge in [-0.05, 0) is 37.1 Å². The first-order valence-electron chi connectivity index (χ1n) is 8.72. The third-order valence-electron chi connectivity index (χ3n) is 4.60. The molecular weight excluding hydrogens is 368 g/mol. The van der Waals surface area contributed by atoms with E-state index in [2.05, 4.69) is 5.32 Å². The van der Waals surface area contributed by atoms with Gasteiger partial charge in [-0.1, -0.05) is 0 Å². The van der Waals surface area contributed by atoms with E-state index in [0.29, 0.717) is 11.4 Å². The van der Waals surface area contributed by atoms with Gasteiger partial charge in [0.25, 0.3) is 11.5 Å². The molecule has 0 radical (unpaired) electrons. The summed E-state index contributed by atoms with van der Waals surface area (Å²) in [7, 11) is 0. The second-order valence-electron chi connectivity index (χ2n) is 6.57. The number of benzene rings is 2. The Balaban J connectivity index is 1.33. The van der Waals surface area contributed by atoms with Crippen LogP contribution in [0.15, 0.2) is 47.4 Å². The summed E-state index contributed by atoms with van der Waals surface area (Å²) in [5, 5.41) is 13.5. The zero-order valence-corrected chi connectivity index (χ0v) is 15.3. The standard InChI is InChI=1S/C19H18N2O5S/c22-18(12-27-15-6-4-14(5-7-15)21(23)24)20-13-3-8-16-17(11-13)26-19(25-16)9-1-2-10-19/h3-8,11H,1-2,9-10,12H2,(H,20,22). The molecule has 1 saturated carbocycles. The van der Waals surface area contributed by atoms with Crippen LogP contribution in [0.25, 0.3) is 0 Å². The van der Waals surface area contributed by atoms with Gasteiger partial charge in [0.05, 0.1) is 10.7 Å². The van der Waals surface area contributed by atoms with Gasteiger partial charge in [-0.3, -0.25) is 14.9 Å². The Morgan fingerprint density at radius 1 is 1.11 bits per heavy atom. The number of carbonyl (C=O) groups is 1. The molecule has 2 aromatic rings. The number of carbonyl (C=O) groups excluding carboxylic acids is 1. The lowest BCUT2D eigenvalue weighted by Crippen LogP contribution is -2.34. The average molecular weight is 386 g/mol. The summed E-state index contributed by atoms with van der Waals surface area (Å²) in [4.78, 5) is 23.2. The highest BCUT2D eigenvalue weighted by molar-refractivity contribution is 8.00. The van der Waals surface area contributed by atoms with Crippen LogP contribution >= 0.6 is 11.8 Å². The predicted molar refractivity (Wildman–Crippen MR) is 101 cm³/mol. The quantitative estimate of drug-likeness (QED) is 0.466. The maximum atomic E-state index is 12.2. The smallest absolute Gasteiger partial charge is 0.269 e. The maximum absolute atomic E-state index is 12.2. The van der Waals surface area contributed by atoms with E-state index >= 15 is 0 Å². The molecule has 1 aliphatic heterocycles. The summed E-state index contributed by atoms with van der Waals surface area (Å²) in [6.45, 7) is 0. The van der Waals surface area contributed by atoms with E-state index < -0.39 is 10.7 Å². The molecule has 0 aromatic heterocycles. The van der Waals surface area contributed by atoms with Crippen molar-refractivity contribution in [3.05, 3.63) is 52.6 Å². The molecule has 27 heavy (non-hydrogen) atoms. The number of amides is 1. The van der Waals surface area contributed by atoms with E-state index in [0.717, 1.165) is 36.3 Å². The van der Waals surface area contributed by atoms with Crippen molar-refractivity contribution in [1.29, 1.82) is 0 Å². The van der Waals surface area contributed by atoms with Gasteiger partial charge in [0.15, 0.2) is 11.5 Å². The number of nitrogens with one attached hydrogen (secondary N) is 1. The zero-order chi connectivity index (χ0) is 18.9. The minimum Gasteiger partial charge on any atom is -0.448 e. The van der Waals surface area contributed by atoms with E-state index in [1.807, 2.05) is 6.07 Å². The second-order valence-corrected chi connectivity index (χ2v) is 7.62. The number of fused-ring (bicyclic) bond motifs is 1. The number of ether oxygens (including phenoxy) is 2. The molecule has 1 fully saturated rings. The molecule has 8 heteroatoms. The van der Waals surface area contributed by atoms with Crippen molar-refractivity contribution >= 4 is 29.0 Å². The molecule has 2 aromatic carbocycles. The number of non-ortho nitro benzene ring substituents is 1. The largest absolute Gasteiger partial charge is 0.448 e. The van der Waals surface area contributed by atoms with Gasteiger partial charge < -0.3 is 14.8 Å². The van der Waals surface area contributed by atoms with Crippen LogP contribution in [-0.2, 0) is 4.79 Å². The summed E-state index contributed by atoms with van der Waals surface area (Å²) in [6, 6.07) is 11.5. The Labute approximate surface area is 160 Å². The van der Waals surface area contributed by atoms with E-state index in [9.17, 15) is 14.9 Å². The molecule has 1 amide bonds. The lowest BCUT2D eigenvalue weighted by molar-refractivity contribution is -0.384. The van der Waals surface area contributed by atoms with Crippen LogP contribution in [0, 0.1) is 10.1 Å². The van der Waals surface area contributed by atoms with Crippen molar-refractivity contribution in [3.8, 4) is 11.5 Å². The summed E-state index contributed by atoms with van der Waals surface area (Å²) in [6.07, 6.45) is 3.96. The van der Waals surface area contributed by atoms with Gasteiger partial charge in [-0.2, -0.15) is 0 Å².